The Balaban J connectivity index is 1.57. The second-order valence-electron chi connectivity index (χ2n) is 8.24. The highest BCUT2D eigenvalue weighted by atomic mass is 16.2. The number of para-hydroxylation sites is 1. The highest BCUT2D eigenvalue weighted by molar-refractivity contribution is 5.77. The van der Waals surface area contributed by atoms with Crippen molar-refractivity contribution in [3.05, 3.63) is 52.7 Å². The van der Waals surface area contributed by atoms with Crippen LogP contribution in [0.5, 0.6) is 0 Å². The zero-order valence-electron chi connectivity index (χ0n) is 17.2. The van der Waals surface area contributed by atoms with Crippen LogP contribution in [-0.2, 0) is 11.3 Å². The first-order chi connectivity index (χ1) is 13.9. The molecule has 1 amide bonds. The second kappa shape index (κ2) is 7.81. The number of likely N-dealkylation sites (tertiary alicyclic amines) is 1. The molecule has 3 heterocycles. The quantitative estimate of drug-likeness (QED) is 0.683. The summed E-state index contributed by atoms with van der Waals surface area (Å²) in [5, 5.41) is 4.82. The van der Waals surface area contributed by atoms with Crippen molar-refractivity contribution in [2.45, 2.75) is 40.2 Å². The number of hydrogen-bond acceptors (Lipinski definition) is 4. The smallest absolute Gasteiger partial charge is 0.264 e. The number of fused-ring (bicyclic) bond motifs is 1. The van der Waals surface area contributed by atoms with Crippen LogP contribution in [0.4, 0.5) is 0 Å². The molecule has 1 aliphatic heterocycles. The van der Waals surface area contributed by atoms with Crippen molar-refractivity contribution in [2.24, 2.45) is 11.8 Å². The Morgan fingerprint density at radius 1 is 1.14 bits per heavy atom. The van der Waals surface area contributed by atoms with Gasteiger partial charge >= 0.3 is 0 Å². The molecular weight excluding hydrogens is 366 g/mol. The molecule has 1 aromatic carbocycles. The lowest BCUT2D eigenvalue weighted by atomic mass is 9.92. The molecule has 29 heavy (non-hydrogen) atoms. The number of aryl methyl sites for hydroxylation is 1. The zero-order chi connectivity index (χ0) is 20.5. The molecule has 7 nitrogen and oxygen atoms in total. The molecule has 0 saturated carbocycles. The molecule has 0 aliphatic carbocycles. The van der Waals surface area contributed by atoms with Crippen LogP contribution >= 0.6 is 0 Å². The minimum atomic E-state index is -0.150. The molecule has 1 saturated heterocycles. The van der Waals surface area contributed by atoms with Crippen LogP contribution in [0.15, 0.2) is 41.3 Å². The molecule has 2 unspecified atom stereocenters. The zero-order valence-corrected chi connectivity index (χ0v) is 17.2. The average Bonchev–Trinajstić information content (AvgIpc) is 3.11. The van der Waals surface area contributed by atoms with Gasteiger partial charge in [0.05, 0.1) is 11.9 Å². The highest BCUT2D eigenvalue weighted by Gasteiger charge is 2.25. The second-order valence-corrected chi connectivity index (χ2v) is 8.24. The van der Waals surface area contributed by atoms with E-state index in [1.54, 1.807) is 22.4 Å². The highest BCUT2D eigenvalue weighted by Crippen LogP contribution is 2.21. The van der Waals surface area contributed by atoms with Gasteiger partial charge in [-0.25, -0.2) is 9.67 Å². The van der Waals surface area contributed by atoms with E-state index < -0.39 is 0 Å². The van der Waals surface area contributed by atoms with Crippen molar-refractivity contribution in [1.29, 1.82) is 0 Å². The van der Waals surface area contributed by atoms with Crippen LogP contribution in [0, 0.1) is 18.8 Å². The van der Waals surface area contributed by atoms with Gasteiger partial charge in [-0.05, 0) is 37.3 Å². The van der Waals surface area contributed by atoms with Gasteiger partial charge in [-0.1, -0.05) is 32.0 Å². The van der Waals surface area contributed by atoms with E-state index in [1.165, 1.54) is 0 Å². The Morgan fingerprint density at radius 2 is 1.83 bits per heavy atom. The van der Waals surface area contributed by atoms with Crippen molar-refractivity contribution in [2.75, 3.05) is 13.1 Å². The lowest BCUT2D eigenvalue weighted by molar-refractivity contribution is -0.134. The van der Waals surface area contributed by atoms with E-state index in [0.717, 1.165) is 25.2 Å². The van der Waals surface area contributed by atoms with Gasteiger partial charge in [-0.3, -0.25) is 14.2 Å². The van der Waals surface area contributed by atoms with Crippen LogP contribution in [-0.4, -0.2) is 43.2 Å². The Hall–Kier alpha value is -2.96. The summed E-state index contributed by atoms with van der Waals surface area (Å²) in [6, 6.07) is 9.62. The molecule has 0 spiro atoms. The summed E-state index contributed by atoms with van der Waals surface area (Å²) in [6.07, 6.45) is 3.03. The number of carbonyl (C=O) groups is 1. The predicted molar refractivity (Wildman–Crippen MR) is 112 cm³/mol. The number of benzene rings is 1. The summed E-state index contributed by atoms with van der Waals surface area (Å²) >= 11 is 0. The summed E-state index contributed by atoms with van der Waals surface area (Å²) in [6.45, 7) is 8.12. The number of rotatable bonds is 4. The first kappa shape index (κ1) is 19.4. The Bertz CT molecular complexity index is 1080. The molecule has 152 valence electrons. The predicted octanol–water partition coefficient (Wildman–Crippen LogP) is 2.79. The topological polar surface area (TPSA) is 73.0 Å². The van der Waals surface area contributed by atoms with Crippen molar-refractivity contribution >= 4 is 16.9 Å². The van der Waals surface area contributed by atoms with Crippen molar-refractivity contribution in [3.63, 3.8) is 0 Å². The monoisotopic (exact) mass is 393 g/mol. The third-order valence-corrected chi connectivity index (χ3v) is 5.65. The molecule has 0 bridgehead atoms. The van der Waals surface area contributed by atoms with Crippen LogP contribution in [0.25, 0.3) is 16.7 Å². The van der Waals surface area contributed by atoms with E-state index in [0.29, 0.717) is 41.7 Å². The standard InChI is InChI=1S/C22H27N5O2/c1-15-11-16(2)14-25(13-15)20(28)9-10-26-17(3)24-21-19(22(26)29)12-23-27(21)18-7-5-4-6-8-18/h4-8,12,15-16H,9-11,13-14H2,1-3H3. The minimum absolute atomic E-state index is 0.106. The third-order valence-electron chi connectivity index (χ3n) is 5.65. The van der Waals surface area contributed by atoms with Gasteiger partial charge in [-0.15, -0.1) is 0 Å². The lowest BCUT2D eigenvalue weighted by Crippen LogP contribution is -2.43. The number of aromatic nitrogens is 4. The van der Waals surface area contributed by atoms with Crippen LogP contribution < -0.4 is 5.56 Å². The van der Waals surface area contributed by atoms with Crippen molar-refractivity contribution < 1.29 is 4.79 Å². The summed E-state index contributed by atoms with van der Waals surface area (Å²) < 4.78 is 3.27. The third kappa shape index (κ3) is 3.81. The summed E-state index contributed by atoms with van der Waals surface area (Å²) in [5.74, 6) is 1.74. The Labute approximate surface area is 170 Å². The minimum Gasteiger partial charge on any atom is -0.342 e. The van der Waals surface area contributed by atoms with E-state index in [1.807, 2.05) is 35.2 Å². The Kier molecular flexibility index (Phi) is 5.22. The largest absolute Gasteiger partial charge is 0.342 e. The fourth-order valence-corrected chi connectivity index (χ4v) is 4.36. The van der Waals surface area contributed by atoms with E-state index in [4.69, 9.17) is 0 Å². The van der Waals surface area contributed by atoms with Crippen molar-refractivity contribution in [3.8, 4) is 5.69 Å². The van der Waals surface area contributed by atoms with E-state index >= 15 is 0 Å². The van der Waals surface area contributed by atoms with Gasteiger partial charge in [0.1, 0.15) is 11.2 Å². The molecule has 1 aliphatic rings. The molecule has 7 heteroatoms. The maximum atomic E-state index is 13.0. The Morgan fingerprint density at radius 3 is 2.52 bits per heavy atom. The first-order valence-electron chi connectivity index (χ1n) is 10.2. The van der Waals surface area contributed by atoms with E-state index in [2.05, 4.69) is 23.9 Å². The SMILES string of the molecule is Cc1nc2c(cnn2-c2ccccc2)c(=O)n1CCC(=O)N1CC(C)CC(C)C1. The van der Waals surface area contributed by atoms with Gasteiger partial charge in [0.2, 0.25) is 5.91 Å². The maximum Gasteiger partial charge on any atom is 0.264 e. The molecule has 0 radical (unpaired) electrons. The molecule has 4 rings (SSSR count). The number of piperidine rings is 1. The van der Waals surface area contributed by atoms with Crippen LogP contribution in [0.1, 0.15) is 32.5 Å². The molecule has 0 N–H and O–H groups in total. The van der Waals surface area contributed by atoms with E-state index in [9.17, 15) is 9.59 Å². The van der Waals surface area contributed by atoms with Gasteiger partial charge in [0, 0.05) is 26.1 Å². The summed E-state index contributed by atoms with van der Waals surface area (Å²) in [5.41, 5.74) is 1.25. The van der Waals surface area contributed by atoms with Gasteiger partial charge < -0.3 is 4.90 Å². The summed E-state index contributed by atoms with van der Waals surface area (Å²) in [7, 11) is 0. The molecular formula is C22H27N5O2. The van der Waals surface area contributed by atoms with Crippen LogP contribution in [0.2, 0.25) is 0 Å². The van der Waals surface area contributed by atoms with Crippen LogP contribution in [0.3, 0.4) is 0 Å². The lowest BCUT2D eigenvalue weighted by Gasteiger charge is -2.35. The summed E-state index contributed by atoms with van der Waals surface area (Å²) in [4.78, 5) is 32.3. The number of nitrogens with zero attached hydrogens (tertiary/aromatic N) is 5. The fraction of sp³-hybridized carbons (Fsp3) is 0.455. The molecule has 1 fully saturated rings. The van der Waals surface area contributed by atoms with Crippen molar-refractivity contribution in [1.82, 2.24) is 24.2 Å². The first-order valence-corrected chi connectivity index (χ1v) is 10.2. The normalized spacial score (nSPS) is 19.6. The van der Waals surface area contributed by atoms with E-state index in [-0.39, 0.29) is 11.5 Å². The average molecular weight is 393 g/mol. The maximum absolute atomic E-state index is 13.0. The number of amides is 1. The molecule has 3 aromatic rings. The molecule has 2 atom stereocenters. The fourth-order valence-electron chi connectivity index (χ4n) is 4.36. The van der Waals surface area contributed by atoms with Gasteiger partial charge in [0.25, 0.3) is 5.56 Å². The van der Waals surface area contributed by atoms with Gasteiger partial charge in [0.15, 0.2) is 5.65 Å². The number of hydrogen-bond donors (Lipinski definition) is 0. The molecule has 2 aromatic heterocycles. The number of carbonyl (C=O) groups excluding carboxylic acids is 1. The van der Waals surface area contributed by atoms with Gasteiger partial charge in [-0.2, -0.15) is 5.10 Å².